The van der Waals surface area contributed by atoms with Gasteiger partial charge in [0, 0.05) is 37.1 Å². The van der Waals surface area contributed by atoms with E-state index in [2.05, 4.69) is 53.2 Å². The zero-order chi connectivity index (χ0) is 15.5. The molecule has 0 spiro atoms. The van der Waals surface area contributed by atoms with Crippen molar-refractivity contribution >= 4 is 5.69 Å². The summed E-state index contributed by atoms with van der Waals surface area (Å²) < 4.78 is 0. The molecule has 1 radical (unpaired) electrons. The van der Waals surface area contributed by atoms with Gasteiger partial charge in [0.15, 0.2) is 0 Å². The van der Waals surface area contributed by atoms with Gasteiger partial charge in [-0.1, -0.05) is 36.4 Å². The van der Waals surface area contributed by atoms with Crippen LogP contribution in [0.1, 0.15) is 5.56 Å². The third-order valence-electron chi connectivity index (χ3n) is 3.76. The first-order valence-corrected chi connectivity index (χ1v) is 7.36. The van der Waals surface area contributed by atoms with E-state index in [1.54, 1.807) is 0 Å². The van der Waals surface area contributed by atoms with Gasteiger partial charge in [0.05, 0.1) is 5.69 Å². The predicted octanol–water partition coefficient (Wildman–Crippen LogP) is 4.59. The molecule has 0 aliphatic carbocycles. The van der Waals surface area contributed by atoms with Crippen molar-refractivity contribution in [3.63, 3.8) is 0 Å². The highest BCUT2D eigenvalue weighted by Crippen LogP contribution is 2.27. The average molecular weight is 287 g/mol. The van der Waals surface area contributed by atoms with Crippen LogP contribution in [0.3, 0.4) is 0 Å². The second-order valence-electron chi connectivity index (χ2n) is 5.61. The molecular formula is C20H19N2. The van der Waals surface area contributed by atoms with Gasteiger partial charge < -0.3 is 4.90 Å². The molecule has 2 aromatic carbocycles. The second kappa shape index (κ2) is 6.02. The smallest absolute Gasteiger partial charge is 0.0737 e. The van der Waals surface area contributed by atoms with Crippen molar-refractivity contribution in [2.24, 2.45) is 0 Å². The Morgan fingerprint density at radius 1 is 0.955 bits per heavy atom. The zero-order valence-electron chi connectivity index (χ0n) is 13.2. The zero-order valence-corrected chi connectivity index (χ0v) is 13.2. The molecule has 0 aliphatic rings. The lowest BCUT2D eigenvalue weighted by Gasteiger charge is -2.13. The number of aryl methyl sites for hydroxylation is 1. The number of aromatic nitrogens is 1. The fourth-order valence-electron chi connectivity index (χ4n) is 2.51. The Labute approximate surface area is 132 Å². The molecule has 0 N–H and O–H groups in total. The van der Waals surface area contributed by atoms with E-state index in [0.717, 1.165) is 22.4 Å². The van der Waals surface area contributed by atoms with Gasteiger partial charge in [-0.05, 0) is 42.3 Å². The van der Waals surface area contributed by atoms with Gasteiger partial charge in [0.25, 0.3) is 0 Å². The molecule has 109 valence electrons. The van der Waals surface area contributed by atoms with Crippen molar-refractivity contribution in [3.8, 4) is 22.4 Å². The van der Waals surface area contributed by atoms with E-state index >= 15 is 0 Å². The molecule has 2 nitrogen and oxygen atoms in total. The fourth-order valence-corrected chi connectivity index (χ4v) is 2.51. The maximum absolute atomic E-state index is 4.64. The van der Waals surface area contributed by atoms with Crippen LogP contribution in [-0.4, -0.2) is 19.1 Å². The molecule has 3 rings (SSSR count). The summed E-state index contributed by atoms with van der Waals surface area (Å²) in [5.74, 6) is 0. The average Bonchev–Trinajstić information content (AvgIpc) is 2.55. The Morgan fingerprint density at radius 2 is 1.73 bits per heavy atom. The van der Waals surface area contributed by atoms with Crippen LogP contribution >= 0.6 is 0 Å². The number of hydrogen-bond acceptors (Lipinski definition) is 2. The summed E-state index contributed by atoms with van der Waals surface area (Å²) in [5, 5.41) is 0. The van der Waals surface area contributed by atoms with Crippen LogP contribution in [0.25, 0.3) is 22.4 Å². The molecule has 3 aromatic rings. The minimum Gasteiger partial charge on any atom is -0.378 e. The largest absolute Gasteiger partial charge is 0.378 e. The van der Waals surface area contributed by atoms with Crippen molar-refractivity contribution in [1.29, 1.82) is 0 Å². The van der Waals surface area contributed by atoms with Crippen LogP contribution in [0.15, 0.2) is 60.8 Å². The second-order valence-corrected chi connectivity index (χ2v) is 5.61. The summed E-state index contributed by atoms with van der Waals surface area (Å²) in [6.45, 7) is 2.10. The highest BCUT2D eigenvalue weighted by molar-refractivity contribution is 5.70. The highest BCUT2D eigenvalue weighted by atomic mass is 15.1. The van der Waals surface area contributed by atoms with Gasteiger partial charge >= 0.3 is 0 Å². The number of rotatable bonds is 3. The Hall–Kier alpha value is -2.61. The first kappa shape index (κ1) is 14.3. The van der Waals surface area contributed by atoms with Crippen LogP contribution in [0.2, 0.25) is 0 Å². The molecule has 2 heteroatoms. The SMILES string of the molecule is Cc1cc(-c2ccc(N(C)C)cc2)cnc1-c1[c]cccc1. The van der Waals surface area contributed by atoms with Crippen LogP contribution in [0.4, 0.5) is 5.69 Å². The van der Waals surface area contributed by atoms with Gasteiger partial charge in [-0.2, -0.15) is 0 Å². The normalized spacial score (nSPS) is 10.5. The summed E-state index contributed by atoms with van der Waals surface area (Å²) in [6, 6.07) is 21.9. The number of nitrogens with zero attached hydrogens (tertiary/aromatic N) is 2. The molecule has 0 bridgehead atoms. The summed E-state index contributed by atoms with van der Waals surface area (Å²) >= 11 is 0. The maximum atomic E-state index is 4.64. The predicted molar refractivity (Wildman–Crippen MR) is 93.0 cm³/mol. The Morgan fingerprint density at radius 3 is 2.32 bits per heavy atom. The third-order valence-corrected chi connectivity index (χ3v) is 3.76. The molecule has 1 heterocycles. The number of anilines is 1. The molecule has 0 aliphatic heterocycles. The lowest BCUT2D eigenvalue weighted by molar-refractivity contribution is 1.13. The standard InChI is InChI=1S/C20H19N2/c1-15-13-18(16-9-11-19(12-10-16)22(2)3)14-21-20(15)17-7-5-4-6-8-17/h4-7,9-14H,1-3H3. The van der Waals surface area contributed by atoms with Crippen molar-refractivity contribution in [3.05, 3.63) is 72.4 Å². The van der Waals surface area contributed by atoms with Gasteiger partial charge in [0.2, 0.25) is 0 Å². The Balaban J connectivity index is 1.95. The van der Waals surface area contributed by atoms with Gasteiger partial charge in [-0.15, -0.1) is 0 Å². The van der Waals surface area contributed by atoms with Crippen molar-refractivity contribution in [2.75, 3.05) is 19.0 Å². The topological polar surface area (TPSA) is 16.1 Å². The van der Waals surface area contributed by atoms with Crippen molar-refractivity contribution in [2.45, 2.75) is 6.92 Å². The fraction of sp³-hybridized carbons (Fsp3) is 0.150. The minimum absolute atomic E-state index is 0.995. The highest BCUT2D eigenvalue weighted by Gasteiger charge is 2.06. The van der Waals surface area contributed by atoms with E-state index < -0.39 is 0 Å². The number of pyridine rings is 1. The molecule has 1 aromatic heterocycles. The summed E-state index contributed by atoms with van der Waals surface area (Å²) in [4.78, 5) is 6.74. The molecule has 0 saturated carbocycles. The van der Waals surface area contributed by atoms with Gasteiger partial charge in [0.1, 0.15) is 0 Å². The Bertz CT molecular complexity index is 759. The van der Waals surface area contributed by atoms with E-state index in [1.165, 1.54) is 11.3 Å². The van der Waals surface area contributed by atoms with Crippen LogP contribution in [0, 0.1) is 13.0 Å². The first-order valence-electron chi connectivity index (χ1n) is 7.36. The van der Waals surface area contributed by atoms with Crippen molar-refractivity contribution < 1.29 is 0 Å². The number of benzene rings is 2. The Kier molecular flexibility index (Phi) is 3.92. The summed E-state index contributed by atoms with van der Waals surface area (Å²) in [6.07, 6.45) is 1.94. The monoisotopic (exact) mass is 287 g/mol. The molecule has 0 fully saturated rings. The minimum atomic E-state index is 0.995. The summed E-state index contributed by atoms with van der Waals surface area (Å²) in [5.41, 5.74) is 6.72. The molecule has 0 saturated heterocycles. The van der Waals surface area contributed by atoms with Crippen LogP contribution in [0.5, 0.6) is 0 Å². The molecular weight excluding hydrogens is 268 g/mol. The van der Waals surface area contributed by atoms with E-state index in [1.807, 2.05) is 44.6 Å². The summed E-state index contributed by atoms with van der Waals surface area (Å²) in [7, 11) is 4.09. The maximum Gasteiger partial charge on any atom is 0.0737 e. The van der Waals surface area contributed by atoms with Gasteiger partial charge in [-0.3, -0.25) is 4.98 Å². The lowest BCUT2D eigenvalue weighted by Crippen LogP contribution is -2.07. The molecule has 0 atom stereocenters. The lowest BCUT2D eigenvalue weighted by atomic mass is 10.0. The van der Waals surface area contributed by atoms with E-state index in [-0.39, 0.29) is 0 Å². The van der Waals surface area contributed by atoms with Crippen LogP contribution in [-0.2, 0) is 0 Å². The van der Waals surface area contributed by atoms with E-state index in [9.17, 15) is 0 Å². The van der Waals surface area contributed by atoms with Crippen LogP contribution < -0.4 is 4.90 Å². The van der Waals surface area contributed by atoms with Gasteiger partial charge in [-0.25, -0.2) is 0 Å². The number of hydrogen-bond donors (Lipinski definition) is 0. The van der Waals surface area contributed by atoms with E-state index in [0.29, 0.717) is 0 Å². The third kappa shape index (κ3) is 2.86. The van der Waals surface area contributed by atoms with Crippen molar-refractivity contribution in [1.82, 2.24) is 4.98 Å². The quantitative estimate of drug-likeness (QED) is 0.700. The molecule has 22 heavy (non-hydrogen) atoms. The molecule has 0 unspecified atom stereocenters. The molecule has 0 amide bonds. The van der Waals surface area contributed by atoms with E-state index in [4.69, 9.17) is 0 Å². The first-order chi connectivity index (χ1) is 10.6.